The van der Waals surface area contributed by atoms with Crippen molar-refractivity contribution >= 4 is 27.3 Å². The topological polar surface area (TPSA) is 66.4 Å². The van der Waals surface area contributed by atoms with Crippen molar-refractivity contribution in [1.82, 2.24) is 0 Å². The Bertz CT molecular complexity index is 699. The molecule has 0 amide bonds. The van der Waals surface area contributed by atoms with Gasteiger partial charge in [-0.3, -0.25) is 4.72 Å². The quantitative estimate of drug-likeness (QED) is 0.855. The first-order valence-electron chi connectivity index (χ1n) is 5.47. The lowest BCUT2D eigenvalue weighted by atomic mass is 10.2. The first kappa shape index (κ1) is 13.7. The van der Waals surface area contributed by atoms with Gasteiger partial charge in [-0.25, -0.2) is 8.42 Å². The summed E-state index contributed by atoms with van der Waals surface area (Å²) in [6, 6.07) is 10.8. The van der Waals surface area contributed by atoms with Gasteiger partial charge in [-0.05, 0) is 36.8 Å². The fourth-order valence-electron chi connectivity index (χ4n) is 1.58. The summed E-state index contributed by atoms with van der Waals surface area (Å²) >= 11 is 5.78. The van der Waals surface area contributed by atoms with Gasteiger partial charge in [0.15, 0.2) is 0 Å². The number of hydrogen-bond acceptors (Lipinski definition) is 3. The van der Waals surface area contributed by atoms with E-state index < -0.39 is 10.0 Å². The highest BCUT2D eigenvalue weighted by Gasteiger charge is 2.15. The van der Waals surface area contributed by atoms with Gasteiger partial charge >= 0.3 is 0 Å². The second-order valence-corrected chi connectivity index (χ2v) is 6.13. The predicted octanol–water partition coefficient (Wildman–Crippen LogP) is 3.15. The molecule has 100 valence electrons. The average molecular weight is 298 g/mol. The maximum atomic E-state index is 12.1. The highest BCUT2D eigenvalue weighted by molar-refractivity contribution is 7.92. The molecule has 6 heteroatoms. The van der Waals surface area contributed by atoms with E-state index >= 15 is 0 Å². The van der Waals surface area contributed by atoms with Gasteiger partial charge in [-0.15, -0.1) is 0 Å². The maximum absolute atomic E-state index is 12.1. The van der Waals surface area contributed by atoms with Crippen molar-refractivity contribution in [2.45, 2.75) is 11.8 Å². The van der Waals surface area contributed by atoms with Crippen LogP contribution in [-0.2, 0) is 10.0 Å². The summed E-state index contributed by atoms with van der Waals surface area (Å²) in [5.41, 5.74) is 0.924. The number of benzene rings is 2. The Kier molecular flexibility index (Phi) is 3.68. The van der Waals surface area contributed by atoms with Crippen molar-refractivity contribution in [1.29, 1.82) is 0 Å². The number of aryl methyl sites for hydroxylation is 1. The zero-order valence-corrected chi connectivity index (χ0v) is 11.7. The summed E-state index contributed by atoms with van der Waals surface area (Å²) in [4.78, 5) is 0.165. The molecule has 0 radical (unpaired) electrons. The van der Waals surface area contributed by atoms with Crippen LogP contribution in [0.4, 0.5) is 5.69 Å². The van der Waals surface area contributed by atoms with E-state index in [4.69, 9.17) is 11.6 Å². The number of phenols is 1. The molecule has 0 heterocycles. The third-order valence-electron chi connectivity index (χ3n) is 2.59. The lowest BCUT2D eigenvalue weighted by Crippen LogP contribution is -2.13. The zero-order valence-electron chi connectivity index (χ0n) is 10.1. The third kappa shape index (κ3) is 3.00. The molecule has 0 aliphatic carbocycles. The van der Waals surface area contributed by atoms with Gasteiger partial charge in [0.2, 0.25) is 0 Å². The monoisotopic (exact) mass is 297 g/mol. The van der Waals surface area contributed by atoms with Crippen molar-refractivity contribution in [2.75, 3.05) is 4.72 Å². The normalized spacial score (nSPS) is 11.3. The summed E-state index contributed by atoms with van der Waals surface area (Å²) < 4.78 is 26.7. The SMILES string of the molecule is Cc1cc(O)c(Cl)cc1NS(=O)(=O)c1ccccc1. The van der Waals surface area contributed by atoms with E-state index in [0.29, 0.717) is 11.3 Å². The Labute approximate surface area is 116 Å². The number of halogens is 1. The minimum absolute atomic E-state index is 0.0816. The van der Waals surface area contributed by atoms with Crippen molar-refractivity contribution in [3.8, 4) is 5.75 Å². The third-order valence-corrected chi connectivity index (χ3v) is 4.28. The van der Waals surface area contributed by atoms with Crippen LogP contribution in [0.2, 0.25) is 5.02 Å². The van der Waals surface area contributed by atoms with Gasteiger partial charge in [-0.1, -0.05) is 29.8 Å². The summed E-state index contributed by atoms with van der Waals surface area (Å²) in [6.07, 6.45) is 0. The molecule has 0 fully saturated rings. The Morgan fingerprint density at radius 2 is 1.79 bits per heavy atom. The Morgan fingerprint density at radius 3 is 2.42 bits per heavy atom. The van der Waals surface area contributed by atoms with Crippen molar-refractivity contribution in [2.24, 2.45) is 0 Å². The second kappa shape index (κ2) is 5.11. The van der Waals surface area contributed by atoms with Crippen LogP contribution in [-0.4, -0.2) is 13.5 Å². The molecular weight excluding hydrogens is 286 g/mol. The number of phenolic OH excluding ortho intramolecular Hbond substituents is 1. The summed E-state index contributed by atoms with van der Waals surface area (Å²) in [5, 5.41) is 9.52. The minimum atomic E-state index is -3.66. The van der Waals surface area contributed by atoms with E-state index in [1.807, 2.05) is 0 Å². The van der Waals surface area contributed by atoms with E-state index in [1.165, 1.54) is 24.3 Å². The molecule has 0 spiro atoms. The van der Waals surface area contributed by atoms with Crippen LogP contribution >= 0.6 is 11.6 Å². The van der Waals surface area contributed by atoms with E-state index in [2.05, 4.69) is 4.72 Å². The number of aromatic hydroxyl groups is 1. The number of hydrogen-bond donors (Lipinski definition) is 2. The molecule has 0 aliphatic rings. The van der Waals surface area contributed by atoms with Gasteiger partial charge < -0.3 is 5.11 Å². The van der Waals surface area contributed by atoms with Crippen molar-refractivity contribution in [3.63, 3.8) is 0 Å². The van der Waals surface area contributed by atoms with Crippen LogP contribution in [0, 0.1) is 6.92 Å². The predicted molar refractivity (Wildman–Crippen MR) is 75.1 cm³/mol. The van der Waals surface area contributed by atoms with Crippen LogP contribution in [0.15, 0.2) is 47.4 Å². The van der Waals surface area contributed by atoms with Crippen LogP contribution in [0.5, 0.6) is 5.75 Å². The molecule has 4 nitrogen and oxygen atoms in total. The van der Waals surface area contributed by atoms with Crippen LogP contribution in [0.1, 0.15) is 5.56 Å². The van der Waals surface area contributed by atoms with Crippen LogP contribution < -0.4 is 4.72 Å². The Hall–Kier alpha value is -1.72. The zero-order chi connectivity index (χ0) is 14.0. The molecule has 2 N–H and O–H groups in total. The molecule has 0 unspecified atom stereocenters. The van der Waals surface area contributed by atoms with Crippen LogP contribution in [0.3, 0.4) is 0 Å². The van der Waals surface area contributed by atoms with Gasteiger partial charge in [-0.2, -0.15) is 0 Å². The second-order valence-electron chi connectivity index (χ2n) is 4.04. The largest absolute Gasteiger partial charge is 0.506 e. The van der Waals surface area contributed by atoms with Gasteiger partial charge in [0, 0.05) is 0 Å². The van der Waals surface area contributed by atoms with Crippen molar-refractivity contribution < 1.29 is 13.5 Å². The number of sulfonamides is 1. The van der Waals surface area contributed by atoms with E-state index in [1.54, 1.807) is 25.1 Å². The highest BCUT2D eigenvalue weighted by atomic mass is 35.5. The average Bonchev–Trinajstić information content (AvgIpc) is 2.37. The van der Waals surface area contributed by atoms with Crippen molar-refractivity contribution in [3.05, 3.63) is 53.1 Å². The van der Waals surface area contributed by atoms with Gasteiger partial charge in [0.1, 0.15) is 5.75 Å². The molecular formula is C13H12ClNO3S. The minimum Gasteiger partial charge on any atom is -0.506 e. The smallest absolute Gasteiger partial charge is 0.261 e. The molecule has 0 saturated carbocycles. The number of anilines is 1. The molecule has 2 aromatic carbocycles. The molecule has 0 aliphatic heterocycles. The molecule has 0 aromatic heterocycles. The first-order chi connectivity index (χ1) is 8.90. The summed E-state index contributed by atoms with van der Waals surface area (Å²) in [6.45, 7) is 1.68. The molecule has 2 rings (SSSR count). The van der Waals surface area contributed by atoms with Gasteiger partial charge in [0.05, 0.1) is 15.6 Å². The van der Waals surface area contributed by atoms with Crippen LogP contribution in [0.25, 0.3) is 0 Å². The summed E-state index contributed by atoms with van der Waals surface area (Å²) in [7, 11) is -3.66. The number of nitrogens with one attached hydrogen (secondary N) is 1. The van der Waals surface area contributed by atoms with Gasteiger partial charge in [0.25, 0.3) is 10.0 Å². The molecule has 19 heavy (non-hydrogen) atoms. The lowest BCUT2D eigenvalue weighted by molar-refractivity contribution is 0.475. The molecule has 2 aromatic rings. The first-order valence-corrected chi connectivity index (χ1v) is 7.33. The molecule has 0 bridgehead atoms. The van der Waals surface area contributed by atoms with E-state index in [9.17, 15) is 13.5 Å². The fraction of sp³-hybridized carbons (Fsp3) is 0.0769. The Balaban J connectivity index is 2.39. The van der Waals surface area contributed by atoms with E-state index in [-0.39, 0.29) is 15.7 Å². The number of rotatable bonds is 3. The molecule has 0 atom stereocenters. The highest BCUT2D eigenvalue weighted by Crippen LogP contribution is 2.30. The fourth-order valence-corrected chi connectivity index (χ4v) is 2.89. The van der Waals surface area contributed by atoms with E-state index in [0.717, 1.165) is 0 Å². The maximum Gasteiger partial charge on any atom is 0.261 e. The summed E-state index contributed by atoms with van der Waals surface area (Å²) in [5.74, 6) is -0.0816. The Morgan fingerprint density at radius 1 is 1.16 bits per heavy atom. The lowest BCUT2D eigenvalue weighted by Gasteiger charge is -2.11. The standard InChI is InChI=1S/C13H12ClNO3S/c1-9-7-13(16)11(14)8-12(9)15-19(17,18)10-5-3-2-4-6-10/h2-8,15-16H,1H3. The molecule has 0 saturated heterocycles.